The molecule has 4 nitrogen and oxygen atoms in total. The van der Waals surface area contributed by atoms with Gasteiger partial charge in [0.1, 0.15) is 0 Å². The van der Waals surface area contributed by atoms with Crippen molar-refractivity contribution in [2.75, 3.05) is 13.7 Å². The highest BCUT2D eigenvalue weighted by Crippen LogP contribution is 2.31. The van der Waals surface area contributed by atoms with Crippen molar-refractivity contribution in [3.63, 3.8) is 0 Å². The predicted molar refractivity (Wildman–Crippen MR) is 103 cm³/mol. The van der Waals surface area contributed by atoms with E-state index in [9.17, 15) is 0 Å². The monoisotopic (exact) mass is 337 g/mol. The number of nitrogens with zero attached hydrogens (tertiary/aromatic N) is 3. The lowest BCUT2D eigenvalue weighted by Gasteiger charge is -2.15. The molecule has 4 heteroatoms. The normalized spacial score (nSPS) is 12.7. The van der Waals surface area contributed by atoms with E-state index in [0.29, 0.717) is 6.61 Å². The van der Waals surface area contributed by atoms with Crippen LogP contribution in [-0.2, 0) is 11.2 Å². The Morgan fingerprint density at radius 2 is 1.88 bits per heavy atom. The Kier molecular flexibility index (Phi) is 4.91. The number of pyridine rings is 2. The van der Waals surface area contributed by atoms with Crippen molar-refractivity contribution in [3.8, 4) is 11.3 Å². The molecule has 3 heterocycles. The molecule has 0 bridgehead atoms. The van der Waals surface area contributed by atoms with Crippen molar-refractivity contribution in [2.45, 2.75) is 47.1 Å². The van der Waals surface area contributed by atoms with Gasteiger partial charge in [0, 0.05) is 30.3 Å². The largest absolute Gasteiger partial charge is 0.383 e. The second-order valence-corrected chi connectivity index (χ2v) is 6.85. The summed E-state index contributed by atoms with van der Waals surface area (Å²) in [5, 5.41) is 0. The van der Waals surface area contributed by atoms with Crippen molar-refractivity contribution in [3.05, 3.63) is 46.9 Å². The third kappa shape index (κ3) is 3.19. The average Bonchev–Trinajstić information content (AvgIpc) is 2.90. The van der Waals surface area contributed by atoms with Gasteiger partial charge < -0.3 is 9.30 Å². The van der Waals surface area contributed by atoms with Gasteiger partial charge in [0.2, 0.25) is 0 Å². The molecule has 0 aliphatic carbocycles. The highest BCUT2D eigenvalue weighted by molar-refractivity contribution is 5.84. The number of hydrogen-bond acceptors (Lipinski definition) is 3. The number of fused-ring (bicyclic) bond motifs is 1. The fourth-order valence-electron chi connectivity index (χ4n) is 3.48. The van der Waals surface area contributed by atoms with Crippen LogP contribution in [0.1, 0.15) is 42.4 Å². The first kappa shape index (κ1) is 17.6. The van der Waals surface area contributed by atoms with Gasteiger partial charge in [-0.1, -0.05) is 6.92 Å². The molecule has 1 atom stereocenters. The van der Waals surface area contributed by atoms with Crippen LogP contribution in [0, 0.1) is 20.8 Å². The van der Waals surface area contributed by atoms with E-state index in [1.807, 2.05) is 6.92 Å². The summed E-state index contributed by atoms with van der Waals surface area (Å²) in [7, 11) is 1.74. The molecule has 1 unspecified atom stereocenters. The zero-order chi connectivity index (χ0) is 18.1. The molecule has 3 aromatic heterocycles. The number of methoxy groups -OCH3 is 1. The van der Waals surface area contributed by atoms with E-state index in [-0.39, 0.29) is 6.04 Å². The van der Waals surface area contributed by atoms with Gasteiger partial charge >= 0.3 is 0 Å². The summed E-state index contributed by atoms with van der Waals surface area (Å²) in [6, 6.07) is 6.75. The molecule has 0 amide bonds. The Labute approximate surface area is 149 Å². The van der Waals surface area contributed by atoms with Crippen LogP contribution >= 0.6 is 0 Å². The van der Waals surface area contributed by atoms with Crippen LogP contribution in [0.25, 0.3) is 22.3 Å². The minimum absolute atomic E-state index is 0.278. The molecule has 0 aliphatic rings. The Hall–Kier alpha value is -2.20. The fraction of sp³-hybridized carbons (Fsp3) is 0.429. The lowest BCUT2D eigenvalue weighted by Crippen LogP contribution is -2.10. The number of ether oxygens (including phenoxy) is 1. The van der Waals surface area contributed by atoms with Gasteiger partial charge in [0.15, 0.2) is 0 Å². The summed E-state index contributed by atoms with van der Waals surface area (Å²) < 4.78 is 7.60. The summed E-state index contributed by atoms with van der Waals surface area (Å²) >= 11 is 0. The van der Waals surface area contributed by atoms with Crippen LogP contribution in [0.5, 0.6) is 0 Å². The van der Waals surface area contributed by atoms with Gasteiger partial charge in [-0.25, -0.2) is 4.98 Å². The van der Waals surface area contributed by atoms with Gasteiger partial charge in [-0.05, 0) is 63.4 Å². The van der Waals surface area contributed by atoms with E-state index in [4.69, 9.17) is 14.7 Å². The summed E-state index contributed by atoms with van der Waals surface area (Å²) in [6.45, 7) is 11.3. The van der Waals surface area contributed by atoms with Crippen LogP contribution in [-0.4, -0.2) is 28.3 Å². The summed E-state index contributed by atoms with van der Waals surface area (Å²) in [4.78, 5) is 9.75. The molecule has 0 saturated heterocycles. The maximum absolute atomic E-state index is 5.33. The molecule has 3 rings (SSSR count). The van der Waals surface area contributed by atoms with Crippen LogP contribution in [0.3, 0.4) is 0 Å². The van der Waals surface area contributed by atoms with Crippen LogP contribution in [0.4, 0.5) is 0 Å². The molecule has 0 radical (unpaired) electrons. The van der Waals surface area contributed by atoms with Crippen molar-refractivity contribution in [1.82, 2.24) is 14.5 Å². The molecular formula is C21H27N3O. The van der Waals surface area contributed by atoms with E-state index in [0.717, 1.165) is 34.6 Å². The third-order valence-electron chi connectivity index (χ3n) is 4.76. The van der Waals surface area contributed by atoms with Crippen molar-refractivity contribution in [2.24, 2.45) is 0 Å². The second-order valence-electron chi connectivity index (χ2n) is 6.85. The zero-order valence-electron chi connectivity index (χ0n) is 16.1. The van der Waals surface area contributed by atoms with Gasteiger partial charge in [-0.3, -0.25) is 4.98 Å². The van der Waals surface area contributed by atoms with Crippen molar-refractivity contribution >= 4 is 11.0 Å². The molecule has 0 aromatic carbocycles. The van der Waals surface area contributed by atoms with E-state index in [2.05, 4.69) is 56.7 Å². The topological polar surface area (TPSA) is 39.9 Å². The smallest absolute Gasteiger partial charge is 0.0917 e. The van der Waals surface area contributed by atoms with Crippen LogP contribution < -0.4 is 0 Å². The molecule has 0 spiro atoms. The number of aromatic nitrogens is 3. The van der Waals surface area contributed by atoms with E-state index >= 15 is 0 Å². The highest BCUT2D eigenvalue weighted by atomic mass is 16.5. The van der Waals surface area contributed by atoms with Crippen molar-refractivity contribution in [1.29, 1.82) is 0 Å². The Bertz CT molecular complexity index is 911. The van der Waals surface area contributed by atoms with Gasteiger partial charge in [-0.2, -0.15) is 0 Å². The Morgan fingerprint density at radius 3 is 2.56 bits per heavy atom. The first-order valence-corrected chi connectivity index (χ1v) is 8.90. The molecule has 25 heavy (non-hydrogen) atoms. The maximum atomic E-state index is 5.33. The summed E-state index contributed by atoms with van der Waals surface area (Å²) in [5.74, 6) is 0. The van der Waals surface area contributed by atoms with E-state index < -0.39 is 0 Å². The Morgan fingerprint density at radius 1 is 1.12 bits per heavy atom. The standard InChI is InChI=1S/C21H27N3O/c1-7-18-17(9-8-15(4)22-18)20-13(2)10-19-21(23-20)14(3)11-24(19)16(5)12-25-6/h8-11,16H,7,12H2,1-6H3. The SMILES string of the molecule is CCc1nc(C)ccc1-c1nc2c(C)cn(C(C)COC)c2cc1C. The van der Waals surface area contributed by atoms with Crippen molar-refractivity contribution < 1.29 is 4.74 Å². The van der Waals surface area contributed by atoms with Gasteiger partial charge in [0.25, 0.3) is 0 Å². The van der Waals surface area contributed by atoms with Crippen LogP contribution in [0.15, 0.2) is 24.4 Å². The second kappa shape index (κ2) is 6.96. The molecule has 3 aromatic rings. The minimum atomic E-state index is 0.278. The lowest BCUT2D eigenvalue weighted by molar-refractivity contribution is 0.164. The quantitative estimate of drug-likeness (QED) is 0.672. The molecule has 0 saturated carbocycles. The van der Waals surface area contributed by atoms with E-state index in [1.165, 1.54) is 16.6 Å². The fourth-order valence-corrected chi connectivity index (χ4v) is 3.48. The predicted octanol–water partition coefficient (Wildman–Crippen LogP) is 4.79. The lowest BCUT2D eigenvalue weighted by atomic mass is 10.0. The number of rotatable bonds is 5. The molecule has 132 valence electrons. The average molecular weight is 337 g/mol. The molecule has 0 N–H and O–H groups in total. The minimum Gasteiger partial charge on any atom is -0.383 e. The zero-order valence-corrected chi connectivity index (χ0v) is 16.1. The summed E-state index contributed by atoms with van der Waals surface area (Å²) in [5.41, 5.74) is 8.94. The van der Waals surface area contributed by atoms with Crippen LogP contribution in [0.2, 0.25) is 0 Å². The van der Waals surface area contributed by atoms with Gasteiger partial charge in [0.05, 0.1) is 29.4 Å². The first-order valence-electron chi connectivity index (χ1n) is 8.90. The van der Waals surface area contributed by atoms with E-state index in [1.54, 1.807) is 7.11 Å². The third-order valence-corrected chi connectivity index (χ3v) is 4.76. The molecule has 0 aliphatic heterocycles. The molecule has 0 fully saturated rings. The molecular weight excluding hydrogens is 310 g/mol. The first-order chi connectivity index (χ1) is 12.0. The van der Waals surface area contributed by atoms with Gasteiger partial charge in [-0.15, -0.1) is 0 Å². The number of hydrogen-bond donors (Lipinski definition) is 0. The number of aryl methyl sites for hydroxylation is 4. The Balaban J connectivity index is 2.20. The summed E-state index contributed by atoms with van der Waals surface area (Å²) in [6.07, 6.45) is 3.08. The highest BCUT2D eigenvalue weighted by Gasteiger charge is 2.16. The maximum Gasteiger partial charge on any atom is 0.0917 e.